The van der Waals surface area contributed by atoms with Gasteiger partial charge in [-0.1, -0.05) is 6.92 Å². The van der Waals surface area contributed by atoms with E-state index in [2.05, 4.69) is 0 Å². The minimum atomic E-state index is -5.04. The Balaban J connectivity index is 2.69. The van der Waals surface area contributed by atoms with Gasteiger partial charge in [0, 0.05) is 0 Å². The van der Waals surface area contributed by atoms with Crippen molar-refractivity contribution in [2.24, 2.45) is 5.41 Å². The largest absolute Gasteiger partial charge is 0.480 e. The van der Waals surface area contributed by atoms with Gasteiger partial charge in [0.05, 0.1) is 0 Å². The van der Waals surface area contributed by atoms with E-state index in [4.69, 9.17) is 5.11 Å². The van der Waals surface area contributed by atoms with Crippen molar-refractivity contribution in [2.45, 2.75) is 32.0 Å². The summed E-state index contributed by atoms with van der Waals surface area (Å²) in [6.45, 7) is 1.53. The summed E-state index contributed by atoms with van der Waals surface area (Å²) < 4.78 is 35.6. The van der Waals surface area contributed by atoms with Gasteiger partial charge in [-0.25, -0.2) is 4.79 Å². The van der Waals surface area contributed by atoms with Crippen LogP contribution in [0.15, 0.2) is 0 Å². The van der Waals surface area contributed by atoms with Crippen LogP contribution in [0.25, 0.3) is 0 Å². The predicted octanol–water partition coefficient (Wildman–Crippen LogP) is 0.918. The summed E-state index contributed by atoms with van der Waals surface area (Å²) in [4.78, 5) is 21.2. The molecule has 1 rings (SSSR count). The Bertz CT molecular complexity index is 296. The molecule has 0 heterocycles. The van der Waals surface area contributed by atoms with Gasteiger partial charge in [-0.3, -0.25) is 4.79 Å². The Labute approximate surface area is 83.5 Å². The van der Waals surface area contributed by atoms with Gasteiger partial charge in [-0.15, -0.1) is 0 Å². The zero-order chi connectivity index (χ0) is 11.9. The average molecular weight is 225 g/mol. The molecule has 2 N–H and O–H groups in total. The van der Waals surface area contributed by atoms with Crippen molar-refractivity contribution in [1.82, 2.24) is 5.32 Å². The molecule has 1 saturated carbocycles. The minimum Gasteiger partial charge on any atom is -0.480 e. The molecule has 7 heteroatoms. The van der Waals surface area contributed by atoms with Crippen LogP contribution in [0.2, 0.25) is 0 Å². The van der Waals surface area contributed by atoms with Crippen LogP contribution in [0, 0.1) is 5.41 Å². The number of carboxylic acids is 1. The van der Waals surface area contributed by atoms with Gasteiger partial charge in [0.25, 0.3) is 0 Å². The number of rotatable bonds is 3. The highest BCUT2D eigenvalue weighted by Gasteiger charge is 2.52. The van der Waals surface area contributed by atoms with Crippen LogP contribution in [0.4, 0.5) is 13.2 Å². The van der Waals surface area contributed by atoms with E-state index in [0.29, 0.717) is 12.8 Å². The van der Waals surface area contributed by atoms with Gasteiger partial charge in [-0.05, 0) is 18.3 Å². The van der Waals surface area contributed by atoms with E-state index in [9.17, 15) is 22.8 Å². The Hall–Kier alpha value is -1.27. The minimum absolute atomic E-state index is 0.502. The summed E-state index contributed by atoms with van der Waals surface area (Å²) in [5.41, 5.74) is -0.743. The van der Waals surface area contributed by atoms with E-state index in [1.807, 2.05) is 0 Å². The molecular weight excluding hydrogens is 215 g/mol. The fourth-order valence-electron chi connectivity index (χ4n) is 1.23. The standard InChI is InChI=1S/C8H10F3NO3/c1-7(2-3-7)4(5(13)14)12-6(15)8(9,10)11/h4H,2-3H2,1H3,(H,12,15)(H,13,14). The molecule has 4 nitrogen and oxygen atoms in total. The quantitative estimate of drug-likeness (QED) is 0.750. The summed E-state index contributed by atoms with van der Waals surface area (Å²) >= 11 is 0. The molecule has 0 radical (unpaired) electrons. The van der Waals surface area contributed by atoms with Gasteiger partial charge < -0.3 is 10.4 Å². The lowest BCUT2D eigenvalue weighted by atomic mass is 9.99. The third-order valence-electron chi connectivity index (χ3n) is 2.52. The molecule has 1 unspecified atom stereocenters. The number of carboxylic acid groups (broad SMARTS) is 1. The topological polar surface area (TPSA) is 66.4 Å². The molecule has 0 aromatic carbocycles. The highest BCUT2D eigenvalue weighted by Crippen LogP contribution is 2.48. The van der Waals surface area contributed by atoms with Gasteiger partial charge in [0.15, 0.2) is 0 Å². The molecule has 0 aromatic rings. The first-order valence-electron chi connectivity index (χ1n) is 4.27. The number of hydrogen-bond acceptors (Lipinski definition) is 2. The lowest BCUT2D eigenvalue weighted by Crippen LogP contribution is -2.50. The molecule has 86 valence electrons. The Morgan fingerprint density at radius 2 is 1.87 bits per heavy atom. The van der Waals surface area contributed by atoms with Crippen LogP contribution < -0.4 is 5.32 Å². The van der Waals surface area contributed by atoms with Crippen LogP contribution in [-0.4, -0.2) is 29.2 Å². The molecule has 15 heavy (non-hydrogen) atoms. The van der Waals surface area contributed by atoms with Crippen LogP contribution >= 0.6 is 0 Å². The lowest BCUT2D eigenvalue weighted by molar-refractivity contribution is -0.176. The molecule has 0 bridgehead atoms. The fraction of sp³-hybridized carbons (Fsp3) is 0.750. The van der Waals surface area contributed by atoms with E-state index in [1.165, 1.54) is 12.2 Å². The van der Waals surface area contributed by atoms with Crippen molar-refractivity contribution in [1.29, 1.82) is 0 Å². The lowest BCUT2D eigenvalue weighted by Gasteiger charge is -2.20. The maximum absolute atomic E-state index is 11.9. The first-order valence-corrected chi connectivity index (χ1v) is 4.27. The number of carbonyl (C=O) groups excluding carboxylic acids is 1. The summed E-state index contributed by atoms with van der Waals surface area (Å²) in [5.74, 6) is -3.64. The third-order valence-corrected chi connectivity index (χ3v) is 2.52. The molecule has 0 aromatic heterocycles. The number of nitrogens with one attached hydrogen (secondary N) is 1. The molecule has 1 atom stereocenters. The summed E-state index contributed by atoms with van der Waals surface area (Å²) in [6, 6.07) is -1.47. The van der Waals surface area contributed by atoms with Gasteiger partial charge in [-0.2, -0.15) is 13.2 Å². The van der Waals surface area contributed by atoms with E-state index in [1.54, 1.807) is 0 Å². The van der Waals surface area contributed by atoms with Gasteiger partial charge in [0.1, 0.15) is 6.04 Å². The van der Waals surface area contributed by atoms with E-state index >= 15 is 0 Å². The highest BCUT2D eigenvalue weighted by molar-refractivity contribution is 5.87. The van der Waals surface area contributed by atoms with Crippen molar-refractivity contribution in [3.05, 3.63) is 0 Å². The zero-order valence-electron chi connectivity index (χ0n) is 7.89. The van der Waals surface area contributed by atoms with Crippen molar-refractivity contribution in [3.8, 4) is 0 Å². The van der Waals surface area contributed by atoms with E-state index in [-0.39, 0.29) is 0 Å². The average Bonchev–Trinajstić information content (AvgIpc) is 2.77. The molecule has 1 amide bonds. The normalized spacial score (nSPS) is 20.5. The van der Waals surface area contributed by atoms with Crippen LogP contribution in [0.1, 0.15) is 19.8 Å². The number of aliphatic carboxylic acids is 1. The van der Waals surface area contributed by atoms with E-state index in [0.717, 1.165) is 0 Å². The van der Waals surface area contributed by atoms with Gasteiger partial charge >= 0.3 is 18.1 Å². The van der Waals surface area contributed by atoms with E-state index < -0.39 is 29.5 Å². The predicted molar refractivity (Wildman–Crippen MR) is 43.0 cm³/mol. The molecule has 0 saturated heterocycles. The summed E-state index contributed by atoms with van der Waals surface area (Å²) in [6.07, 6.45) is -4.04. The molecule has 0 spiro atoms. The van der Waals surface area contributed by atoms with Gasteiger partial charge in [0.2, 0.25) is 0 Å². The number of amides is 1. The second kappa shape index (κ2) is 3.39. The molecule has 1 aliphatic rings. The second-order valence-corrected chi connectivity index (χ2v) is 3.90. The van der Waals surface area contributed by atoms with Crippen molar-refractivity contribution < 1.29 is 27.9 Å². The summed E-state index contributed by atoms with van der Waals surface area (Å²) in [5, 5.41) is 10.2. The van der Waals surface area contributed by atoms with Crippen molar-refractivity contribution in [3.63, 3.8) is 0 Å². The molecule has 0 aliphatic heterocycles. The molecular formula is C8H10F3NO3. The number of alkyl halides is 3. The second-order valence-electron chi connectivity index (χ2n) is 3.90. The SMILES string of the molecule is CC1(C(NC(=O)C(F)(F)F)C(=O)O)CC1. The fourth-order valence-corrected chi connectivity index (χ4v) is 1.23. The monoisotopic (exact) mass is 225 g/mol. The van der Waals surface area contributed by atoms with Crippen LogP contribution in [0.3, 0.4) is 0 Å². The van der Waals surface area contributed by atoms with Crippen LogP contribution in [-0.2, 0) is 9.59 Å². The third kappa shape index (κ3) is 2.60. The maximum atomic E-state index is 11.9. The zero-order valence-corrected chi connectivity index (χ0v) is 7.89. The first-order chi connectivity index (χ1) is 6.67. The van der Waals surface area contributed by atoms with Crippen molar-refractivity contribution >= 4 is 11.9 Å². The maximum Gasteiger partial charge on any atom is 0.471 e. The Kier molecular flexibility index (Phi) is 2.67. The summed E-state index contributed by atoms with van der Waals surface area (Å²) in [7, 11) is 0. The van der Waals surface area contributed by atoms with Crippen molar-refractivity contribution in [2.75, 3.05) is 0 Å². The first kappa shape index (κ1) is 11.8. The highest BCUT2D eigenvalue weighted by atomic mass is 19.4. The molecule has 1 fully saturated rings. The number of halogens is 3. The number of carbonyl (C=O) groups is 2. The Morgan fingerprint density at radius 3 is 2.13 bits per heavy atom. The van der Waals surface area contributed by atoms with Crippen LogP contribution in [0.5, 0.6) is 0 Å². The Morgan fingerprint density at radius 1 is 1.40 bits per heavy atom. The molecule has 1 aliphatic carbocycles. The number of hydrogen-bond donors (Lipinski definition) is 2. The smallest absolute Gasteiger partial charge is 0.471 e.